The van der Waals surface area contributed by atoms with Gasteiger partial charge in [0.05, 0.1) is 23.6 Å². The van der Waals surface area contributed by atoms with Crippen LogP contribution in [0.5, 0.6) is 5.75 Å². The molecule has 1 amide bonds. The number of hydrogen-bond donors (Lipinski definition) is 1. The summed E-state index contributed by atoms with van der Waals surface area (Å²) in [5.74, 6) is -3.20. The smallest absolute Gasteiger partial charge is 0.261 e. The summed E-state index contributed by atoms with van der Waals surface area (Å²) in [6, 6.07) is 15.3. The molecule has 0 radical (unpaired) electrons. The number of halogens is 2. The second-order valence-corrected chi connectivity index (χ2v) is 8.35. The van der Waals surface area contributed by atoms with E-state index in [0.29, 0.717) is 30.6 Å². The second-order valence-electron chi connectivity index (χ2n) is 8.35. The molecule has 156 valence electrons. The molecule has 2 saturated heterocycles. The van der Waals surface area contributed by atoms with Crippen LogP contribution in [0.25, 0.3) is 0 Å². The lowest BCUT2D eigenvalue weighted by atomic mass is 9.71. The summed E-state index contributed by atoms with van der Waals surface area (Å²) in [6.07, 6.45) is 0.564. The number of carbonyl (C=O) groups excluding carboxylic acids is 1. The minimum absolute atomic E-state index is 0.0864. The predicted octanol–water partition coefficient (Wildman–Crippen LogP) is 3.92. The van der Waals surface area contributed by atoms with Gasteiger partial charge in [0.15, 0.2) is 0 Å². The van der Waals surface area contributed by atoms with Crippen molar-refractivity contribution in [2.24, 2.45) is 5.41 Å². The van der Waals surface area contributed by atoms with Gasteiger partial charge in [-0.15, -0.1) is 0 Å². The molecule has 0 saturated carbocycles. The zero-order chi connectivity index (χ0) is 21.4. The molecule has 7 heteroatoms. The predicted molar refractivity (Wildman–Crippen MR) is 108 cm³/mol. The molecule has 30 heavy (non-hydrogen) atoms. The topological polar surface area (TPSA) is 67.6 Å². The molecule has 2 aliphatic rings. The number of benzene rings is 2. The first kappa shape index (κ1) is 20.3. The third-order valence-electron chi connectivity index (χ3n) is 5.92. The second kappa shape index (κ2) is 7.69. The maximum absolute atomic E-state index is 14.8. The number of aromatic hydroxyl groups is 1. The van der Waals surface area contributed by atoms with Crippen molar-refractivity contribution in [2.45, 2.75) is 31.7 Å². The van der Waals surface area contributed by atoms with Gasteiger partial charge in [-0.3, -0.25) is 9.69 Å². The molecule has 2 aromatic carbocycles. The number of likely N-dealkylation sites (tertiary alicyclic amines) is 1. The van der Waals surface area contributed by atoms with Gasteiger partial charge in [0.1, 0.15) is 5.75 Å². The number of phenols is 1. The number of nitriles is 1. The lowest BCUT2D eigenvalue weighted by Gasteiger charge is -2.49. The molecule has 5 nitrogen and oxygen atoms in total. The molecule has 1 N–H and O–H groups in total. The van der Waals surface area contributed by atoms with Gasteiger partial charge in [-0.1, -0.05) is 18.2 Å². The van der Waals surface area contributed by atoms with Gasteiger partial charge in [0.25, 0.3) is 5.92 Å². The molecule has 2 aromatic rings. The van der Waals surface area contributed by atoms with E-state index in [1.807, 2.05) is 0 Å². The number of anilines is 1. The molecule has 2 fully saturated rings. The minimum Gasteiger partial charge on any atom is -0.508 e. The van der Waals surface area contributed by atoms with E-state index >= 15 is 0 Å². The first-order chi connectivity index (χ1) is 14.3. The Morgan fingerprint density at radius 3 is 2.70 bits per heavy atom. The maximum Gasteiger partial charge on any atom is 0.261 e. The highest BCUT2D eigenvalue weighted by Gasteiger charge is 2.55. The quantitative estimate of drug-likeness (QED) is 0.831. The summed E-state index contributed by atoms with van der Waals surface area (Å²) in [5.41, 5.74) is 0.565. The molecule has 0 unspecified atom stereocenters. The van der Waals surface area contributed by atoms with Crippen molar-refractivity contribution in [3.05, 3.63) is 59.7 Å². The van der Waals surface area contributed by atoms with Gasteiger partial charge >= 0.3 is 0 Å². The van der Waals surface area contributed by atoms with Crippen molar-refractivity contribution in [3.8, 4) is 11.8 Å². The number of piperidine rings is 2. The Morgan fingerprint density at radius 2 is 1.93 bits per heavy atom. The Kier molecular flexibility index (Phi) is 5.20. The van der Waals surface area contributed by atoms with E-state index in [-0.39, 0.29) is 24.7 Å². The molecular formula is C23H23F2N3O2. The van der Waals surface area contributed by atoms with Crippen LogP contribution in [-0.2, 0) is 11.3 Å². The minimum atomic E-state index is -2.98. The van der Waals surface area contributed by atoms with Crippen LogP contribution in [0.3, 0.4) is 0 Å². The molecule has 1 atom stereocenters. The Labute approximate surface area is 174 Å². The zero-order valence-electron chi connectivity index (χ0n) is 16.5. The summed E-state index contributed by atoms with van der Waals surface area (Å²) >= 11 is 0. The van der Waals surface area contributed by atoms with E-state index < -0.39 is 24.3 Å². The Balaban J connectivity index is 1.62. The van der Waals surface area contributed by atoms with Crippen LogP contribution in [0.4, 0.5) is 14.5 Å². The van der Waals surface area contributed by atoms with Gasteiger partial charge < -0.3 is 10.0 Å². The normalized spacial score (nSPS) is 24.0. The third-order valence-corrected chi connectivity index (χ3v) is 5.92. The monoisotopic (exact) mass is 411 g/mol. The van der Waals surface area contributed by atoms with Crippen LogP contribution in [0.2, 0.25) is 0 Å². The first-order valence-electron chi connectivity index (χ1n) is 10.0. The van der Waals surface area contributed by atoms with Crippen LogP contribution in [0.1, 0.15) is 30.4 Å². The van der Waals surface area contributed by atoms with E-state index in [4.69, 9.17) is 5.26 Å². The SMILES string of the molecule is N#Cc1cccc(N2CCC[C@@]3(CN(Cc4cccc(O)c4)CC(F)(F)C3)C2=O)c1. The van der Waals surface area contributed by atoms with E-state index in [1.165, 1.54) is 6.07 Å². The summed E-state index contributed by atoms with van der Waals surface area (Å²) in [7, 11) is 0. The average Bonchev–Trinajstić information content (AvgIpc) is 2.69. The van der Waals surface area contributed by atoms with Crippen LogP contribution in [-0.4, -0.2) is 41.5 Å². The number of rotatable bonds is 3. The van der Waals surface area contributed by atoms with Crippen LogP contribution in [0, 0.1) is 16.7 Å². The fourth-order valence-electron chi connectivity index (χ4n) is 4.81. The maximum atomic E-state index is 14.8. The van der Waals surface area contributed by atoms with E-state index in [1.54, 1.807) is 52.3 Å². The molecule has 1 spiro atoms. The largest absolute Gasteiger partial charge is 0.508 e. The molecule has 0 aliphatic carbocycles. The van der Waals surface area contributed by atoms with Gasteiger partial charge in [-0.25, -0.2) is 8.78 Å². The van der Waals surface area contributed by atoms with E-state index in [2.05, 4.69) is 6.07 Å². The van der Waals surface area contributed by atoms with Crippen molar-refractivity contribution in [2.75, 3.05) is 24.5 Å². The number of hydrogen-bond acceptors (Lipinski definition) is 4. The fraction of sp³-hybridized carbons (Fsp3) is 0.391. The van der Waals surface area contributed by atoms with E-state index in [9.17, 15) is 18.7 Å². The summed E-state index contributed by atoms with van der Waals surface area (Å²) in [5, 5.41) is 18.8. The van der Waals surface area contributed by atoms with Crippen LogP contribution < -0.4 is 4.90 Å². The van der Waals surface area contributed by atoms with Crippen molar-refractivity contribution < 1.29 is 18.7 Å². The van der Waals surface area contributed by atoms with Crippen LogP contribution in [0.15, 0.2) is 48.5 Å². The van der Waals surface area contributed by atoms with Crippen molar-refractivity contribution >= 4 is 11.6 Å². The van der Waals surface area contributed by atoms with Crippen molar-refractivity contribution in [1.82, 2.24) is 4.90 Å². The summed E-state index contributed by atoms with van der Waals surface area (Å²) in [6.45, 7) is 0.518. The van der Waals surface area contributed by atoms with Crippen molar-refractivity contribution in [1.29, 1.82) is 5.26 Å². The number of amides is 1. The summed E-state index contributed by atoms with van der Waals surface area (Å²) < 4.78 is 29.6. The number of carbonyl (C=O) groups is 1. The fourth-order valence-corrected chi connectivity index (χ4v) is 4.81. The number of nitrogens with zero attached hydrogens (tertiary/aromatic N) is 3. The first-order valence-corrected chi connectivity index (χ1v) is 10.0. The van der Waals surface area contributed by atoms with E-state index in [0.717, 1.165) is 5.56 Å². The van der Waals surface area contributed by atoms with Crippen molar-refractivity contribution in [3.63, 3.8) is 0 Å². The average molecular weight is 411 g/mol. The molecule has 0 aromatic heterocycles. The molecule has 0 bridgehead atoms. The highest BCUT2D eigenvalue weighted by molar-refractivity contribution is 5.98. The standard InChI is InChI=1S/C23H23F2N3O2/c24-23(25)14-22(15-27(16-23)13-18-5-2-7-20(29)11-18)8-3-9-28(21(22)30)19-6-1-4-17(10-19)12-26/h1-2,4-7,10-11,29H,3,8-9,13-16H2/t22-/m1/s1. The van der Waals surface area contributed by atoms with Gasteiger partial charge in [-0.2, -0.15) is 5.26 Å². The highest BCUT2D eigenvalue weighted by atomic mass is 19.3. The van der Waals surface area contributed by atoms with Gasteiger partial charge in [0.2, 0.25) is 5.91 Å². The highest BCUT2D eigenvalue weighted by Crippen LogP contribution is 2.46. The third kappa shape index (κ3) is 4.01. The van der Waals surface area contributed by atoms with Gasteiger partial charge in [-0.05, 0) is 48.7 Å². The summed E-state index contributed by atoms with van der Waals surface area (Å²) in [4.78, 5) is 16.7. The lowest BCUT2D eigenvalue weighted by molar-refractivity contribution is -0.155. The molecule has 4 rings (SSSR count). The molecule has 2 aliphatic heterocycles. The van der Waals surface area contributed by atoms with Gasteiger partial charge in [0, 0.05) is 31.7 Å². The molecular weight excluding hydrogens is 388 g/mol. The number of alkyl halides is 2. The zero-order valence-corrected chi connectivity index (χ0v) is 16.5. The lowest BCUT2D eigenvalue weighted by Crippen LogP contribution is -2.61. The molecule has 2 heterocycles. The Morgan fingerprint density at radius 1 is 1.13 bits per heavy atom. The Bertz CT molecular complexity index is 1000. The number of phenolic OH excluding ortho intramolecular Hbond substituents is 1. The van der Waals surface area contributed by atoms with Crippen LogP contribution >= 0.6 is 0 Å². The Hall–Kier alpha value is -2.98.